The van der Waals surface area contributed by atoms with Gasteiger partial charge in [0.25, 0.3) is 0 Å². The first-order valence-corrected chi connectivity index (χ1v) is 6.61. The van der Waals surface area contributed by atoms with Crippen molar-refractivity contribution in [2.24, 2.45) is 0 Å². The van der Waals surface area contributed by atoms with E-state index in [1.165, 1.54) is 5.56 Å². The molecule has 0 amide bonds. The summed E-state index contributed by atoms with van der Waals surface area (Å²) in [5, 5.41) is 0. The van der Waals surface area contributed by atoms with E-state index in [-0.39, 0.29) is 12.1 Å². The highest BCUT2D eigenvalue weighted by Crippen LogP contribution is 2.31. The van der Waals surface area contributed by atoms with Gasteiger partial charge >= 0.3 is 5.97 Å². The van der Waals surface area contributed by atoms with Crippen molar-refractivity contribution >= 4 is 5.97 Å². The van der Waals surface area contributed by atoms with E-state index in [1.807, 2.05) is 13.0 Å². The zero-order valence-electron chi connectivity index (χ0n) is 10.8. The Morgan fingerprint density at radius 2 is 2.17 bits per heavy atom. The second-order valence-electron chi connectivity index (χ2n) is 4.63. The molecule has 0 aromatic heterocycles. The Kier molecular flexibility index (Phi) is 4.76. The Morgan fingerprint density at radius 3 is 2.89 bits per heavy atom. The van der Waals surface area contributed by atoms with E-state index in [9.17, 15) is 4.79 Å². The Balaban J connectivity index is 1.91. The van der Waals surface area contributed by atoms with Crippen molar-refractivity contribution in [2.75, 3.05) is 13.2 Å². The molecule has 1 aromatic carbocycles. The normalized spacial score (nSPS) is 23.6. The molecule has 3 heteroatoms. The fraction of sp³-hybridized carbons (Fsp3) is 0.533. The highest BCUT2D eigenvalue weighted by Gasteiger charge is 2.25. The van der Waals surface area contributed by atoms with Crippen LogP contribution in [0.2, 0.25) is 0 Å². The third-order valence-corrected chi connectivity index (χ3v) is 3.34. The molecule has 1 aliphatic rings. The van der Waals surface area contributed by atoms with E-state index in [0.717, 1.165) is 19.4 Å². The second kappa shape index (κ2) is 6.55. The summed E-state index contributed by atoms with van der Waals surface area (Å²) >= 11 is 0. The molecule has 0 spiro atoms. The molecule has 0 radical (unpaired) electrons. The van der Waals surface area contributed by atoms with E-state index >= 15 is 0 Å². The quantitative estimate of drug-likeness (QED) is 0.769. The van der Waals surface area contributed by atoms with Crippen molar-refractivity contribution < 1.29 is 14.3 Å². The second-order valence-corrected chi connectivity index (χ2v) is 4.63. The summed E-state index contributed by atoms with van der Waals surface area (Å²) in [6, 6.07) is 10.4. The van der Waals surface area contributed by atoms with Gasteiger partial charge in [0.05, 0.1) is 19.1 Å². The zero-order valence-corrected chi connectivity index (χ0v) is 10.8. The van der Waals surface area contributed by atoms with Crippen LogP contribution in [0.5, 0.6) is 0 Å². The van der Waals surface area contributed by atoms with Gasteiger partial charge in [-0.2, -0.15) is 0 Å². The first-order chi connectivity index (χ1) is 8.79. The molecule has 0 N–H and O–H groups in total. The lowest BCUT2D eigenvalue weighted by Gasteiger charge is -2.29. The van der Waals surface area contributed by atoms with Crippen LogP contribution in [0.4, 0.5) is 0 Å². The molecule has 2 atom stereocenters. The SMILES string of the molecule is CCOC(=O)C[C@H]1C[C@@H](c2ccccc2)CCO1. The zero-order chi connectivity index (χ0) is 12.8. The maximum Gasteiger partial charge on any atom is 0.308 e. The Morgan fingerprint density at radius 1 is 1.39 bits per heavy atom. The molecule has 1 fully saturated rings. The average Bonchev–Trinajstić information content (AvgIpc) is 2.40. The van der Waals surface area contributed by atoms with Crippen molar-refractivity contribution in [2.45, 2.75) is 38.2 Å². The molecule has 3 nitrogen and oxygen atoms in total. The van der Waals surface area contributed by atoms with Gasteiger partial charge in [0.1, 0.15) is 0 Å². The minimum atomic E-state index is -0.156. The third kappa shape index (κ3) is 3.57. The number of carbonyl (C=O) groups excluding carboxylic acids is 1. The maximum atomic E-state index is 11.5. The van der Waals surface area contributed by atoms with Crippen LogP contribution in [0.15, 0.2) is 30.3 Å². The number of hydrogen-bond donors (Lipinski definition) is 0. The van der Waals surface area contributed by atoms with Gasteiger partial charge in [-0.1, -0.05) is 30.3 Å². The number of rotatable bonds is 4. The number of benzene rings is 1. The maximum absolute atomic E-state index is 11.5. The monoisotopic (exact) mass is 248 g/mol. The highest BCUT2D eigenvalue weighted by atomic mass is 16.5. The van der Waals surface area contributed by atoms with E-state index < -0.39 is 0 Å². The molecule has 0 bridgehead atoms. The standard InChI is InChI=1S/C15H20O3/c1-2-17-15(16)11-14-10-13(8-9-18-14)12-6-4-3-5-7-12/h3-7,13-14H,2,8-11H2,1H3/t13-,14+/m0/s1. The molecule has 0 unspecified atom stereocenters. The number of ether oxygens (including phenoxy) is 2. The lowest BCUT2D eigenvalue weighted by Crippen LogP contribution is -2.27. The van der Waals surface area contributed by atoms with Crippen LogP contribution in [0.1, 0.15) is 37.7 Å². The number of esters is 1. The molecule has 1 heterocycles. The van der Waals surface area contributed by atoms with Crippen molar-refractivity contribution in [3.8, 4) is 0 Å². The van der Waals surface area contributed by atoms with Crippen LogP contribution >= 0.6 is 0 Å². The molecule has 1 saturated heterocycles. The topological polar surface area (TPSA) is 35.5 Å². The van der Waals surface area contributed by atoms with Gasteiger partial charge in [-0.05, 0) is 31.2 Å². The molecular weight excluding hydrogens is 228 g/mol. The molecular formula is C15H20O3. The smallest absolute Gasteiger partial charge is 0.308 e. The van der Waals surface area contributed by atoms with Crippen LogP contribution < -0.4 is 0 Å². The van der Waals surface area contributed by atoms with E-state index in [0.29, 0.717) is 18.9 Å². The summed E-state index contributed by atoms with van der Waals surface area (Å²) in [5.74, 6) is 0.343. The third-order valence-electron chi connectivity index (χ3n) is 3.34. The Hall–Kier alpha value is -1.35. The minimum Gasteiger partial charge on any atom is -0.466 e. The number of carbonyl (C=O) groups is 1. The van der Waals surface area contributed by atoms with Crippen molar-refractivity contribution in [1.82, 2.24) is 0 Å². The highest BCUT2D eigenvalue weighted by molar-refractivity contribution is 5.69. The minimum absolute atomic E-state index is 0.00278. The first kappa shape index (κ1) is 13.1. The lowest BCUT2D eigenvalue weighted by molar-refractivity contribution is -0.147. The largest absolute Gasteiger partial charge is 0.466 e. The van der Waals surface area contributed by atoms with E-state index in [4.69, 9.17) is 9.47 Å². The molecule has 1 aliphatic heterocycles. The van der Waals surface area contributed by atoms with Gasteiger partial charge in [0.15, 0.2) is 0 Å². The van der Waals surface area contributed by atoms with Crippen LogP contribution in [-0.4, -0.2) is 25.3 Å². The molecule has 2 rings (SSSR count). The van der Waals surface area contributed by atoms with Gasteiger partial charge in [0, 0.05) is 6.61 Å². The van der Waals surface area contributed by atoms with Gasteiger partial charge < -0.3 is 9.47 Å². The summed E-state index contributed by atoms with van der Waals surface area (Å²) in [7, 11) is 0. The Bertz CT molecular complexity index is 375. The fourth-order valence-electron chi connectivity index (χ4n) is 2.46. The van der Waals surface area contributed by atoms with Gasteiger partial charge in [-0.15, -0.1) is 0 Å². The van der Waals surface area contributed by atoms with Gasteiger partial charge in [-0.25, -0.2) is 0 Å². The fourth-order valence-corrected chi connectivity index (χ4v) is 2.46. The summed E-state index contributed by atoms with van der Waals surface area (Å²) in [4.78, 5) is 11.5. The van der Waals surface area contributed by atoms with Gasteiger partial charge in [0.2, 0.25) is 0 Å². The number of hydrogen-bond acceptors (Lipinski definition) is 3. The summed E-state index contributed by atoms with van der Waals surface area (Å²) in [6.45, 7) is 2.99. The van der Waals surface area contributed by atoms with Crippen molar-refractivity contribution in [1.29, 1.82) is 0 Å². The summed E-state index contributed by atoms with van der Waals surface area (Å²) in [6.07, 6.45) is 2.31. The molecule has 0 saturated carbocycles. The molecule has 1 aromatic rings. The predicted octanol–water partition coefficient (Wildman–Crippen LogP) is 2.90. The lowest BCUT2D eigenvalue weighted by atomic mass is 9.88. The van der Waals surface area contributed by atoms with Gasteiger partial charge in [-0.3, -0.25) is 4.79 Å². The molecule has 0 aliphatic carbocycles. The van der Waals surface area contributed by atoms with Crippen molar-refractivity contribution in [3.05, 3.63) is 35.9 Å². The summed E-state index contributed by atoms with van der Waals surface area (Å²) < 4.78 is 10.6. The van der Waals surface area contributed by atoms with E-state index in [2.05, 4.69) is 24.3 Å². The van der Waals surface area contributed by atoms with Crippen LogP contribution in [0.25, 0.3) is 0 Å². The van der Waals surface area contributed by atoms with E-state index in [1.54, 1.807) is 0 Å². The first-order valence-electron chi connectivity index (χ1n) is 6.61. The Labute approximate surface area is 108 Å². The van der Waals surface area contributed by atoms with Crippen LogP contribution in [0.3, 0.4) is 0 Å². The molecule has 98 valence electrons. The molecule has 18 heavy (non-hydrogen) atoms. The van der Waals surface area contributed by atoms with Crippen LogP contribution in [0, 0.1) is 0 Å². The average molecular weight is 248 g/mol. The predicted molar refractivity (Wildman–Crippen MR) is 69.4 cm³/mol. The summed E-state index contributed by atoms with van der Waals surface area (Å²) in [5.41, 5.74) is 1.34. The van der Waals surface area contributed by atoms with Crippen molar-refractivity contribution in [3.63, 3.8) is 0 Å². The van der Waals surface area contributed by atoms with Crippen LogP contribution in [-0.2, 0) is 14.3 Å².